The molecular formula is C19H19ClN2O2. The highest BCUT2D eigenvalue weighted by Gasteiger charge is 2.23. The third-order valence-electron chi connectivity index (χ3n) is 3.52. The first-order valence-electron chi connectivity index (χ1n) is 7.74. The maximum Gasteiger partial charge on any atom is 0.419 e. The standard InChI is InChI=1S/C19H19ClN2O2/c1-19(2,3)24-18(23)22-16-8-7-13(12-20)10-14(16)11-17(22)15-6-4-5-9-21-15/h4-11H,12H2,1-3H3. The van der Waals surface area contributed by atoms with Gasteiger partial charge in [0.25, 0.3) is 0 Å². The molecule has 0 aliphatic carbocycles. The number of ether oxygens (including phenoxy) is 1. The minimum Gasteiger partial charge on any atom is -0.443 e. The number of nitrogens with zero attached hydrogens (tertiary/aromatic N) is 2. The van der Waals surface area contributed by atoms with E-state index in [0.717, 1.165) is 16.5 Å². The molecule has 0 unspecified atom stereocenters. The van der Waals surface area contributed by atoms with Crippen molar-refractivity contribution in [3.05, 3.63) is 54.2 Å². The number of pyridine rings is 1. The smallest absolute Gasteiger partial charge is 0.419 e. The van der Waals surface area contributed by atoms with Crippen LogP contribution in [-0.2, 0) is 10.6 Å². The largest absolute Gasteiger partial charge is 0.443 e. The Morgan fingerprint density at radius 3 is 2.62 bits per heavy atom. The van der Waals surface area contributed by atoms with Gasteiger partial charge in [0.2, 0.25) is 0 Å². The second kappa shape index (κ2) is 6.29. The van der Waals surface area contributed by atoms with Gasteiger partial charge in [-0.1, -0.05) is 12.1 Å². The predicted octanol–water partition coefficient (Wildman–Crippen LogP) is 5.23. The minimum atomic E-state index is -0.578. The van der Waals surface area contributed by atoms with Gasteiger partial charge < -0.3 is 4.74 Å². The van der Waals surface area contributed by atoms with E-state index in [2.05, 4.69) is 4.98 Å². The lowest BCUT2D eigenvalue weighted by molar-refractivity contribution is 0.0547. The Morgan fingerprint density at radius 1 is 1.21 bits per heavy atom. The highest BCUT2D eigenvalue weighted by molar-refractivity contribution is 6.17. The summed E-state index contributed by atoms with van der Waals surface area (Å²) in [6.45, 7) is 5.55. The van der Waals surface area contributed by atoms with E-state index in [0.29, 0.717) is 17.3 Å². The van der Waals surface area contributed by atoms with E-state index < -0.39 is 11.7 Å². The number of aromatic nitrogens is 2. The molecule has 1 aromatic carbocycles. The number of carbonyl (C=O) groups excluding carboxylic acids is 1. The fraction of sp³-hybridized carbons (Fsp3) is 0.263. The van der Waals surface area contributed by atoms with Crippen molar-refractivity contribution in [1.29, 1.82) is 0 Å². The van der Waals surface area contributed by atoms with E-state index in [9.17, 15) is 4.79 Å². The Kier molecular flexibility index (Phi) is 4.33. The van der Waals surface area contributed by atoms with Gasteiger partial charge in [-0.15, -0.1) is 11.6 Å². The number of hydrogen-bond acceptors (Lipinski definition) is 3. The van der Waals surface area contributed by atoms with Crippen molar-refractivity contribution >= 4 is 28.6 Å². The maximum absolute atomic E-state index is 12.8. The van der Waals surface area contributed by atoms with E-state index in [1.807, 2.05) is 63.2 Å². The second-order valence-electron chi connectivity index (χ2n) is 6.59. The van der Waals surface area contributed by atoms with Crippen LogP contribution < -0.4 is 0 Å². The molecule has 4 nitrogen and oxygen atoms in total. The molecule has 0 aliphatic rings. The van der Waals surface area contributed by atoms with E-state index in [4.69, 9.17) is 16.3 Å². The molecule has 0 amide bonds. The van der Waals surface area contributed by atoms with Gasteiger partial charge in [-0.3, -0.25) is 4.98 Å². The number of hydrogen-bond donors (Lipinski definition) is 0. The van der Waals surface area contributed by atoms with Crippen LogP contribution in [0.15, 0.2) is 48.7 Å². The summed E-state index contributed by atoms with van der Waals surface area (Å²) >= 11 is 5.93. The van der Waals surface area contributed by atoms with Crippen molar-refractivity contribution in [3.8, 4) is 11.4 Å². The fourth-order valence-electron chi connectivity index (χ4n) is 2.55. The van der Waals surface area contributed by atoms with Crippen LogP contribution in [0.25, 0.3) is 22.3 Å². The number of fused-ring (bicyclic) bond motifs is 1. The summed E-state index contributed by atoms with van der Waals surface area (Å²) in [4.78, 5) is 17.1. The molecule has 2 aromatic heterocycles. The number of carbonyl (C=O) groups is 1. The van der Waals surface area contributed by atoms with Crippen molar-refractivity contribution in [2.45, 2.75) is 32.3 Å². The van der Waals surface area contributed by atoms with Crippen LogP contribution in [0, 0.1) is 0 Å². The zero-order chi connectivity index (χ0) is 17.3. The summed E-state index contributed by atoms with van der Waals surface area (Å²) in [5.74, 6) is 0.423. The Labute approximate surface area is 146 Å². The van der Waals surface area contributed by atoms with E-state index in [1.54, 1.807) is 10.8 Å². The van der Waals surface area contributed by atoms with Gasteiger partial charge in [0.1, 0.15) is 5.60 Å². The Hall–Kier alpha value is -2.33. The van der Waals surface area contributed by atoms with E-state index in [-0.39, 0.29) is 0 Å². The molecule has 0 N–H and O–H groups in total. The first-order valence-corrected chi connectivity index (χ1v) is 8.27. The summed E-state index contributed by atoms with van der Waals surface area (Å²) in [5, 5.41) is 0.930. The fourth-order valence-corrected chi connectivity index (χ4v) is 2.72. The lowest BCUT2D eigenvalue weighted by Crippen LogP contribution is -2.27. The summed E-state index contributed by atoms with van der Waals surface area (Å²) < 4.78 is 7.15. The predicted molar refractivity (Wildman–Crippen MR) is 96.4 cm³/mol. The molecule has 124 valence electrons. The molecule has 0 fully saturated rings. The summed E-state index contributed by atoms with van der Waals surface area (Å²) in [7, 11) is 0. The molecule has 0 aliphatic heterocycles. The Balaban J connectivity index is 2.21. The Morgan fingerprint density at radius 2 is 2.00 bits per heavy atom. The van der Waals surface area contributed by atoms with Gasteiger partial charge in [-0.05, 0) is 56.7 Å². The zero-order valence-corrected chi connectivity index (χ0v) is 14.7. The molecule has 5 heteroatoms. The number of rotatable bonds is 2. The number of benzene rings is 1. The normalized spacial score (nSPS) is 11.7. The van der Waals surface area contributed by atoms with Crippen LogP contribution in [0.5, 0.6) is 0 Å². The first kappa shape index (κ1) is 16.5. The average Bonchev–Trinajstić information content (AvgIpc) is 2.92. The molecule has 0 radical (unpaired) electrons. The van der Waals surface area contributed by atoms with Crippen LogP contribution in [0.4, 0.5) is 4.79 Å². The summed E-state index contributed by atoms with van der Waals surface area (Å²) in [5.41, 5.74) is 2.61. The van der Waals surface area contributed by atoms with Gasteiger partial charge in [0, 0.05) is 17.5 Å². The molecule has 24 heavy (non-hydrogen) atoms. The van der Waals surface area contributed by atoms with E-state index in [1.165, 1.54) is 0 Å². The molecule has 2 heterocycles. The molecule has 0 saturated heterocycles. The lowest BCUT2D eigenvalue weighted by Gasteiger charge is -2.21. The third-order valence-corrected chi connectivity index (χ3v) is 3.83. The third kappa shape index (κ3) is 3.29. The highest BCUT2D eigenvalue weighted by Crippen LogP contribution is 2.29. The van der Waals surface area contributed by atoms with Gasteiger partial charge in [-0.25, -0.2) is 9.36 Å². The monoisotopic (exact) mass is 342 g/mol. The van der Waals surface area contributed by atoms with Gasteiger partial charge in [0.15, 0.2) is 0 Å². The molecule has 0 spiro atoms. The molecule has 0 saturated carbocycles. The molecule has 0 atom stereocenters. The summed E-state index contributed by atoms with van der Waals surface area (Å²) in [6.07, 6.45) is 1.29. The molecule has 0 bridgehead atoms. The SMILES string of the molecule is CC(C)(C)OC(=O)n1c(-c2ccccn2)cc2cc(CCl)ccc21. The van der Waals surface area contributed by atoms with Gasteiger partial charge in [0.05, 0.1) is 16.9 Å². The second-order valence-corrected chi connectivity index (χ2v) is 6.85. The quantitative estimate of drug-likeness (QED) is 0.599. The van der Waals surface area contributed by atoms with Crippen LogP contribution >= 0.6 is 11.6 Å². The first-order chi connectivity index (χ1) is 11.4. The van der Waals surface area contributed by atoms with Crippen molar-refractivity contribution in [2.24, 2.45) is 0 Å². The average molecular weight is 343 g/mol. The van der Waals surface area contributed by atoms with Gasteiger partial charge >= 0.3 is 6.09 Å². The Bertz CT molecular complexity index is 880. The van der Waals surface area contributed by atoms with Crippen LogP contribution in [0.1, 0.15) is 26.3 Å². The van der Waals surface area contributed by atoms with Crippen molar-refractivity contribution < 1.29 is 9.53 Å². The van der Waals surface area contributed by atoms with Crippen LogP contribution in [0.2, 0.25) is 0 Å². The maximum atomic E-state index is 12.8. The summed E-state index contributed by atoms with van der Waals surface area (Å²) in [6, 6.07) is 13.3. The van der Waals surface area contributed by atoms with E-state index >= 15 is 0 Å². The van der Waals surface area contributed by atoms with Gasteiger partial charge in [-0.2, -0.15) is 0 Å². The van der Waals surface area contributed by atoms with Crippen LogP contribution in [0.3, 0.4) is 0 Å². The van der Waals surface area contributed by atoms with Crippen molar-refractivity contribution in [2.75, 3.05) is 0 Å². The zero-order valence-electron chi connectivity index (χ0n) is 13.9. The van der Waals surface area contributed by atoms with Crippen LogP contribution in [-0.4, -0.2) is 21.2 Å². The minimum absolute atomic E-state index is 0.420. The topological polar surface area (TPSA) is 44.1 Å². The van der Waals surface area contributed by atoms with Crippen molar-refractivity contribution in [3.63, 3.8) is 0 Å². The number of halogens is 1. The molecule has 3 rings (SSSR count). The highest BCUT2D eigenvalue weighted by atomic mass is 35.5. The van der Waals surface area contributed by atoms with Crippen molar-refractivity contribution in [1.82, 2.24) is 9.55 Å². The molecular weight excluding hydrogens is 324 g/mol. The number of alkyl halides is 1. The lowest BCUT2D eigenvalue weighted by atomic mass is 10.2. The molecule has 3 aromatic rings.